The highest BCUT2D eigenvalue weighted by Gasteiger charge is 2.71. The van der Waals surface area contributed by atoms with Crippen LogP contribution in [-0.4, -0.2) is 47.0 Å². The third kappa shape index (κ3) is 5.82. The second-order valence-electron chi connectivity index (χ2n) is 20.7. The van der Waals surface area contributed by atoms with E-state index in [0.29, 0.717) is 41.4 Å². The van der Waals surface area contributed by atoms with E-state index in [0.717, 1.165) is 38.8 Å². The topological polar surface area (TPSA) is 83.9 Å². The van der Waals surface area contributed by atoms with E-state index in [1.165, 1.54) is 69.8 Å². The molecule has 0 aromatic carbocycles. The molecule has 6 nitrogen and oxygen atoms in total. The number of hydrogen-bond acceptors (Lipinski definition) is 4. The van der Waals surface area contributed by atoms with Crippen LogP contribution < -0.4 is 0 Å². The summed E-state index contributed by atoms with van der Waals surface area (Å²) in [6.45, 7) is 26.8. The first-order chi connectivity index (χ1) is 23.3. The van der Waals surface area contributed by atoms with E-state index >= 15 is 0 Å². The maximum absolute atomic E-state index is 14.1. The lowest BCUT2D eigenvalue weighted by Crippen LogP contribution is -2.67. The minimum absolute atomic E-state index is 0.103. The van der Waals surface area contributed by atoms with Crippen LogP contribution in [0.15, 0.2) is 12.2 Å². The Balaban J connectivity index is 1.23. The summed E-state index contributed by atoms with van der Waals surface area (Å²) in [5, 5.41) is 9.61. The summed E-state index contributed by atoms with van der Waals surface area (Å²) in [6.07, 6.45) is 15.5. The number of allylic oxidation sites excluding steroid dienone is 1. The van der Waals surface area contributed by atoms with Crippen molar-refractivity contribution in [1.82, 2.24) is 4.90 Å². The van der Waals surface area contributed by atoms with Crippen molar-refractivity contribution in [3.05, 3.63) is 12.2 Å². The van der Waals surface area contributed by atoms with Gasteiger partial charge in [-0.3, -0.25) is 14.4 Å². The number of ether oxygens (including phenoxy) is 1. The van der Waals surface area contributed by atoms with E-state index < -0.39 is 11.4 Å². The highest BCUT2D eigenvalue weighted by molar-refractivity contribution is 5.81. The second-order valence-corrected chi connectivity index (χ2v) is 20.7. The van der Waals surface area contributed by atoms with Gasteiger partial charge >= 0.3 is 11.9 Å². The van der Waals surface area contributed by atoms with Crippen LogP contribution in [0.25, 0.3) is 0 Å². The van der Waals surface area contributed by atoms with Crippen molar-refractivity contribution in [3.63, 3.8) is 0 Å². The number of fused-ring (bicyclic) bond motifs is 7. The van der Waals surface area contributed by atoms with Gasteiger partial charge < -0.3 is 14.7 Å². The Morgan fingerprint density at radius 2 is 1.60 bits per heavy atom. The Hall–Kier alpha value is -1.85. The molecule has 6 heteroatoms. The summed E-state index contributed by atoms with van der Waals surface area (Å²) < 4.78 is 6.19. The van der Waals surface area contributed by atoms with Crippen LogP contribution in [0.1, 0.15) is 159 Å². The lowest BCUT2D eigenvalue weighted by Gasteiger charge is -2.73. The Morgan fingerprint density at radius 3 is 2.26 bits per heavy atom. The van der Waals surface area contributed by atoms with Gasteiger partial charge in [-0.2, -0.15) is 0 Å². The average molecular weight is 694 g/mol. The van der Waals surface area contributed by atoms with E-state index in [2.05, 4.69) is 59.9 Å². The Kier molecular flexibility index (Phi) is 9.79. The average Bonchev–Trinajstić information content (AvgIpc) is 3.64. The molecule has 1 amide bonds. The van der Waals surface area contributed by atoms with Crippen molar-refractivity contribution in [1.29, 1.82) is 0 Å². The minimum atomic E-state index is -1.13. The molecule has 6 fully saturated rings. The lowest BCUT2D eigenvalue weighted by atomic mass is 9.32. The second kappa shape index (κ2) is 12.9. The van der Waals surface area contributed by atoms with Crippen LogP contribution in [0, 0.1) is 68.0 Å². The van der Waals surface area contributed by atoms with E-state index in [1.54, 1.807) is 13.8 Å². The molecule has 1 aliphatic heterocycles. The highest BCUT2D eigenvalue weighted by atomic mass is 16.5. The fourth-order valence-corrected chi connectivity index (χ4v) is 14.5. The molecule has 5 aliphatic carbocycles. The molecule has 1 N–H and O–H groups in total. The van der Waals surface area contributed by atoms with Gasteiger partial charge in [-0.1, -0.05) is 60.1 Å². The summed E-state index contributed by atoms with van der Waals surface area (Å²) >= 11 is 0. The van der Waals surface area contributed by atoms with Gasteiger partial charge in [-0.05, 0) is 155 Å². The molecule has 0 bridgehead atoms. The van der Waals surface area contributed by atoms with E-state index in [4.69, 9.17) is 4.74 Å². The molecule has 1 heterocycles. The number of likely N-dealkylation sites (tertiary alicyclic amines) is 1. The van der Waals surface area contributed by atoms with Crippen LogP contribution in [0.5, 0.6) is 0 Å². The predicted molar refractivity (Wildman–Crippen MR) is 199 cm³/mol. The number of carbonyl (C=O) groups excluding carboxylic acids is 2. The summed E-state index contributed by atoms with van der Waals surface area (Å²) in [4.78, 5) is 41.2. The van der Waals surface area contributed by atoms with Gasteiger partial charge in [0.15, 0.2) is 0 Å². The maximum Gasteiger partial charge on any atom is 0.309 e. The Morgan fingerprint density at radius 1 is 0.880 bits per heavy atom. The third-order valence-electron chi connectivity index (χ3n) is 17.5. The van der Waals surface area contributed by atoms with Crippen LogP contribution in [-0.2, 0) is 19.1 Å². The molecule has 1 saturated heterocycles. The molecule has 50 heavy (non-hydrogen) atoms. The Labute approximate surface area is 304 Å². The SMILES string of the molecule is C=C(C)[C@@H]1CC[C@]2(CC(=O)N3CC[C@H](CCC)C3)CC[C@]3(C)[C@H](CC[C@H]4C3(C)CC[C@H]3C(C)(C)C(OC(=O)CC(C)(C)C(=O)O)CC[C@@]34C)[C@@H]12. The van der Waals surface area contributed by atoms with E-state index in [9.17, 15) is 19.5 Å². The van der Waals surface area contributed by atoms with Gasteiger partial charge in [0.25, 0.3) is 0 Å². The minimum Gasteiger partial charge on any atom is -0.481 e. The van der Waals surface area contributed by atoms with Crippen molar-refractivity contribution in [3.8, 4) is 0 Å². The molecule has 6 aliphatic rings. The first-order valence-electron chi connectivity index (χ1n) is 20.6. The van der Waals surface area contributed by atoms with Gasteiger partial charge in [0.1, 0.15) is 6.10 Å². The molecular formula is C44H71NO5. The molecule has 0 radical (unpaired) electrons. The maximum atomic E-state index is 14.1. The zero-order chi connectivity index (χ0) is 36.7. The molecule has 5 saturated carbocycles. The smallest absolute Gasteiger partial charge is 0.309 e. The number of carboxylic acids is 1. The Bertz CT molecular complexity index is 1370. The zero-order valence-electron chi connectivity index (χ0n) is 33.3. The molecule has 2 unspecified atom stereocenters. The quantitative estimate of drug-likeness (QED) is 0.192. The number of rotatable bonds is 9. The third-order valence-corrected chi connectivity index (χ3v) is 17.5. The van der Waals surface area contributed by atoms with Gasteiger partial charge in [0.05, 0.1) is 11.8 Å². The monoisotopic (exact) mass is 694 g/mol. The summed E-state index contributed by atoms with van der Waals surface area (Å²) in [6, 6.07) is 0. The fraction of sp³-hybridized carbons (Fsp3) is 0.886. The van der Waals surface area contributed by atoms with Gasteiger partial charge in [0.2, 0.25) is 5.91 Å². The number of hydrogen-bond donors (Lipinski definition) is 1. The molecule has 6 rings (SSSR count). The van der Waals surface area contributed by atoms with Crippen LogP contribution >= 0.6 is 0 Å². The molecular weight excluding hydrogens is 622 g/mol. The molecule has 11 atom stereocenters. The van der Waals surface area contributed by atoms with Crippen molar-refractivity contribution in [2.45, 2.75) is 165 Å². The van der Waals surface area contributed by atoms with E-state index in [1.807, 2.05) is 0 Å². The number of amides is 1. The number of esters is 1. The molecule has 0 spiro atoms. The van der Waals surface area contributed by atoms with Crippen molar-refractivity contribution < 1.29 is 24.2 Å². The standard InChI is InChI=1S/C44H71NO5/c1-11-12-29-18-24-45(27-29)35(46)25-44-21-15-30(28(2)3)37(44)31-13-14-33-41(8)19-17-34(50-36(47)26-39(4,5)38(48)49)40(6,7)32(41)16-20-43(33,10)42(31,9)22-23-44/h29-34,37H,2,11-27H2,1,3-10H3,(H,48,49)/t29-,30-,31+,32-,33+,34?,37+,41-,42+,43?,44+/m0/s1. The largest absolute Gasteiger partial charge is 0.481 e. The van der Waals surface area contributed by atoms with Gasteiger partial charge in [-0.25, -0.2) is 0 Å². The molecule has 282 valence electrons. The zero-order valence-corrected chi connectivity index (χ0v) is 33.3. The molecule has 0 aromatic heterocycles. The van der Waals surface area contributed by atoms with Crippen molar-refractivity contribution in [2.75, 3.05) is 13.1 Å². The summed E-state index contributed by atoms with van der Waals surface area (Å²) in [5.41, 5.74) is 0.719. The normalized spacial score (nSPS) is 43.6. The predicted octanol–water partition coefficient (Wildman–Crippen LogP) is 10.1. The van der Waals surface area contributed by atoms with Gasteiger partial charge in [0, 0.05) is 24.9 Å². The highest BCUT2D eigenvalue weighted by Crippen LogP contribution is 2.78. The van der Waals surface area contributed by atoms with Crippen LogP contribution in [0.4, 0.5) is 0 Å². The number of aliphatic carboxylic acids is 1. The first kappa shape index (κ1) is 37.9. The van der Waals surface area contributed by atoms with Crippen molar-refractivity contribution in [2.24, 2.45) is 68.0 Å². The first-order valence-corrected chi connectivity index (χ1v) is 20.6. The molecule has 0 aromatic rings. The summed E-state index contributed by atoms with van der Waals surface area (Å²) in [7, 11) is 0. The fourth-order valence-electron chi connectivity index (χ4n) is 14.5. The number of carboxylic acid groups (broad SMARTS) is 1. The van der Waals surface area contributed by atoms with Crippen LogP contribution in [0.2, 0.25) is 0 Å². The van der Waals surface area contributed by atoms with Crippen LogP contribution in [0.3, 0.4) is 0 Å². The number of nitrogens with zero attached hydrogens (tertiary/aromatic N) is 1. The lowest BCUT2D eigenvalue weighted by molar-refractivity contribution is -0.250. The number of carbonyl (C=O) groups is 3. The van der Waals surface area contributed by atoms with Gasteiger partial charge in [-0.15, -0.1) is 0 Å². The summed E-state index contributed by atoms with van der Waals surface area (Å²) in [5.74, 6) is 2.49. The van der Waals surface area contributed by atoms with Crippen molar-refractivity contribution >= 4 is 17.8 Å². The van der Waals surface area contributed by atoms with E-state index in [-0.39, 0.29) is 45.6 Å².